The van der Waals surface area contributed by atoms with Gasteiger partial charge in [-0.1, -0.05) is 6.92 Å². The molecule has 0 amide bonds. The van der Waals surface area contributed by atoms with Crippen molar-refractivity contribution in [3.63, 3.8) is 0 Å². The average molecular weight is 261 g/mol. The number of piperidine rings is 1. The van der Waals surface area contributed by atoms with Crippen LogP contribution in [0.3, 0.4) is 0 Å². The van der Waals surface area contributed by atoms with E-state index in [1.807, 2.05) is 5.51 Å². The van der Waals surface area contributed by atoms with E-state index in [-0.39, 0.29) is 0 Å². The summed E-state index contributed by atoms with van der Waals surface area (Å²) in [5.41, 5.74) is 11.2. The summed E-state index contributed by atoms with van der Waals surface area (Å²) in [5, 5.41) is 0. The summed E-state index contributed by atoms with van der Waals surface area (Å²) in [4.78, 5) is 6.88. The van der Waals surface area contributed by atoms with Gasteiger partial charge in [0.1, 0.15) is 5.52 Å². The van der Waals surface area contributed by atoms with Gasteiger partial charge < -0.3 is 10.6 Å². The van der Waals surface area contributed by atoms with E-state index >= 15 is 0 Å². The Morgan fingerprint density at radius 1 is 1.44 bits per heavy atom. The van der Waals surface area contributed by atoms with Gasteiger partial charge in [-0.25, -0.2) is 4.98 Å². The molecule has 2 N–H and O–H groups in total. The molecular formula is C14H19N3S. The number of rotatable bonds is 2. The van der Waals surface area contributed by atoms with Crippen LogP contribution < -0.4 is 10.6 Å². The highest BCUT2D eigenvalue weighted by atomic mass is 32.1. The number of anilines is 2. The summed E-state index contributed by atoms with van der Waals surface area (Å²) < 4.78 is 1.18. The molecule has 1 aliphatic rings. The fraction of sp³-hybridized carbons (Fsp3) is 0.500. The Morgan fingerprint density at radius 3 is 3.17 bits per heavy atom. The lowest BCUT2D eigenvalue weighted by Crippen LogP contribution is -2.39. The van der Waals surface area contributed by atoms with Crippen molar-refractivity contribution in [2.75, 3.05) is 17.2 Å². The first kappa shape index (κ1) is 11.8. The molecule has 1 atom stereocenters. The summed E-state index contributed by atoms with van der Waals surface area (Å²) in [6.07, 6.45) is 5.08. The Bertz CT molecular complexity index is 549. The van der Waals surface area contributed by atoms with E-state index in [0.717, 1.165) is 17.7 Å². The van der Waals surface area contributed by atoms with Gasteiger partial charge in [0, 0.05) is 12.6 Å². The second-order valence-electron chi connectivity index (χ2n) is 4.95. The summed E-state index contributed by atoms with van der Waals surface area (Å²) in [7, 11) is 0. The van der Waals surface area contributed by atoms with Crippen LogP contribution in [-0.2, 0) is 0 Å². The molecule has 2 aromatic rings. The summed E-state index contributed by atoms with van der Waals surface area (Å²) >= 11 is 1.65. The Balaban J connectivity index is 2.04. The summed E-state index contributed by atoms with van der Waals surface area (Å²) in [6.45, 7) is 3.39. The molecule has 0 spiro atoms. The molecule has 1 aromatic heterocycles. The van der Waals surface area contributed by atoms with Crippen LogP contribution in [0.25, 0.3) is 10.2 Å². The maximum Gasteiger partial charge on any atom is 0.106 e. The summed E-state index contributed by atoms with van der Waals surface area (Å²) in [5.74, 6) is 0. The van der Waals surface area contributed by atoms with Crippen LogP contribution in [0.15, 0.2) is 17.6 Å². The molecular weight excluding hydrogens is 242 g/mol. The van der Waals surface area contributed by atoms with Crippen molar-refractivity contribution in [3.05, 3.63) is 17.6 Å². The van der Waals surface area contributed by atoms with Gasteiger partial charge in [-0.2, -0.15) is 0 Å². The number of fused-ring (bicyclic) bond motifs is 1. The van der Waals surface area contributed by atoms with Gasteiger partial charge in [0.2, 0.25) is 0 Å². The normalized spacial score (nSPS) is 20.5. The average Bonchev–Trinajstić information content (AvgIpc) is 2.88. The maximum atomic E-state index is 6.31. The molecule has 1 aromatic carbocycles. The molecule has 96 valence electrons. The van der Waals surface area contributed by atoms with E-state index in [1.165, 1.54) is 36.1 Å². The van der Waals surface area contributed by atoms with Crippen molar-refractivity contribution >= 4 is 32.9 Å². The molecule has 1 saturated heterocycles. The highest BCUT2D eigenvalue weighted by Gasteiger charge is 2.23. The fourth-order valence-electron chi connectivity index (χ4n) is 2.93. The second kappa shape index (κ2) is 4.76. The van der Waals surface area contributed by atoms with Gasteiger partial charge in [-0.05, 0) is 37.8 Å². The number of thiazole rings is 1. The Labute approximate surface area is 112 Å². The van der Waals surface area contributed by atoms with Crippen molar-refractivity contribution in [1.82, 2.24) is 4.98 Å². The van der Waals surface area contributed by atoms with E-state index in [0.29, 0.717) is 6.04 Å². The predicted octanol–water partition coefficient (Wildman–Crippen LogP) is 3.65. The minimum Gasteiger partial charge on any atom is -0.395 e. The maximum absolute atomic E-state index is 6.31. The zero-order chi connectivity index (χ0) is 12.5. The number of nitrogens with two attached hydrogens (primary N) is 1. The zero-order valence-corrected chi connectivity index (χ0v) is 11.5. The van der Waals surface area contributed by atoms with Crippen LogP contribution in [0.4, 0.5) is 11.4 Å². The van der Waals surface area contributed by atoms with Crippen LogP contribution in [0.5, 0.6) is 0 Å². The lowest BCUT2D eigenvalue weighted by molar-refractivity contribution is 0.450. The predicted molar refractivity (Wildman–Crippen MR) is 79.3 cm³/mol. The number of nitrogen functional groups attached to an aromatic ring is 1. The number of hydrogen-bond donors (Lipinski definition) is 1. The lowest BCUT2D eigenvalue weighted by Gasteiger charge is -2.37. The molecule has 3 nitrogen and oxygen atoms in total. The van der Waals surface area contributed by atoms with E-state index in [2.05, 4.69) is 28.9 Å². The van der Waals surface area contributed by atoms with Crippen LogP contribution in [0.1, 0.15) is 32.6 Å². The quantitative estimate of drug-likeness (QED) is 0.839. The molecule has 1 aliphatic heterocycles. The molecule has 18 heavy (non-hydrogen) atoms. The second-order valence-corrected chi connectivity index (χ2v) is 5.84. The standard InChI is InChI=1S/C14H19N3S/c1-2-10-5-3-4-8-17(10)11-6-7-12-14(13(11)15)16-9-18-12/h6-7,9-10H,2-5,8,15H2,1H3. The molecule has 0 aliphatic carbocycles. The minimum absolute atomic E-state index is 0.636. The van der Waals surface area contributed by atoms with Crippen LogP contribution in [0, 0.1) is 0 Å². The lowest BCUT2D eigenvalue weighted by atomic mass is 9.99. The highest BCUT2D eigenvalue weighted by Crippen LogP contribution is 2.36. The van der Waals surface area contributed by atoms with Crippen molar-refractivity contribution in [1.29, 1.82) is 0 Å². The number of hydrogen-bond acceptors (Lipinski definition) is 4. The molecule has 0 bridgehead atoms. The topological polar surface area (TPSA) is 42.2 Å². The Morgan fingerprint density at radius 2 is 2.33 bits per heavy atom. The molecule has 1 unspecified atom stereocenters. The first-order valence-corrected chi connectivity index (χ1v) is 7.57. The number of aromatic nitrogens is 1. The Hall–Kier alpha value is -1.29. The molecule has 0 saturated carbocycles. The van der Waals surface area contributed by atoms with Gasteiger partial charge in [0.05, 0.1) is 21.6 Å². The third-order valence-electron chi connectivity index (χ3n) is 3.93. The molecule has 0 radical (unpaired) electrons. The molecule has 2 heterocycles. The number of benzene rings is 1. The van der Waals surface area contributed by atoms with Crippen LogP contribution in [0.2, 0.25) is 0 Å². The van der Waals surface area contributed by atoms with E-state index in [1.54, 1.807) is 11.3 Å². The largest absolute Gasteiger partial charge is 0.395 e. The van der Waals surface area contributed by atoms with Crippen LogP contribution in [-0.4, -0.2) is 17.6 Å². The van der Waals surface area contributed by atoms with Gasteiger partial charge in [-0.15, -0.1) is 11.3 Å². The zero-order valence-electron chi connectivity index (χ0n) is 10.7. The van der Waals surface area contributed by atoms with E-state index < -0.39 is 0 Å². The SMILES string of the molecule is CCC1CCCCN1c1ccc2scnc2c1N. The Kier molecular flexibility index (Phi) is 3.12. The summed E-state index contributed by atoms with van der Waals surface area (Å²) in [6, 6.07) is 4.96. The minimum atomic E-state index is 0.636. The van der Waals surface area contributed by atoms with Gasteiger partial charge in [-0.3, -0.25) is 0 Å². The van der Waals surface area contributed by atoms with E-state index in [4.69, 9.17) is 5.73 Å². The third-order valence-corrected chi connectivity index (χ3v) is 4.72. The first-order valence-electron chi connectivity index (χ1n) is 6.69. The van der Waals surface area contributed by atoms with Gasteiger partial charge in [0.15, 0.2) is 0 Å². The number of nitrogens with zero attached hydrogens (tertiary/aromatic N) is 2. The molecule has 1 fully saturated rings. The third kappa shape index (κ3) is 1.85. The molecule has 4 heteroatoms. The fourth-order valence-corrected chi connectivity index (χ4v) is 3.63. The van der Waals surface area contributed by atoms with Crippen molar-refractivity contribution in [2.45, 2.75) is 38.6 Å². The van der Waals surface area contributed by atoms with Gasteiger partial charge >= 0.3 is 0 Å². The monoisotopic (exact) mass is 261 g/mol. The molecule has 3 rings (SSSR count). The first-order chi connectivity index (χ1) is 8.81. The van der Waals surface area contributed by atoms with Crippen molar-refractivity contribution in [2.24, 2.45) is 0 Å². The van der Waals surface area contributed by atoms with Crippen LogP contribution >= 0.6 is 11.3 Å². The van der Waals surface area contributed by atoms with E-state index in [9.17, 15) is 0 Å². The highest BCUT2D eigenvalue weighted by molar-refractivity contribution is 7.16. The van der Waals surface area contributed by atoms with Gasteiger partial charge in [0.25, 0.3) is 0 Å². The van der Waals surface area contributed by atoms with Crippen molar-refractivity contribution < 1.29 is 0 Å². The van der Waals surface area contributed by atoms with Crippen molar-refractivity contribution in [3.8, 4) is 0 Å². The smallest absolute Gasteiger partial charge is 0.106 e.